The van der Waals surface area contributed by atoms with E-state index in [-0.39, 0.29) is 0 Å². The normalized spacial score (nSPS) is 29.3. The maximum Gasteiger partial charge on any atom is 0.0990 e. The first-order valence-corrected chi connectivity index (χ1v) is 5.92. The minimum absolute atomic E-state index is 0.627. The molecule has 1 aliphatic heterocycles. The first-order chi connectivity index (χ1) is 6.84. The van der Waals surface area contributed by atoms with Crippen LogP contribution in [0.25, 0.3) is 0 Å². The van der Waals surface area contributed by atoms with Crippen molar-refractivity contribution in [1.82, 2.24) is 9.80 Å². The van der Waals surface area contributed by atoms with Crippen LogP contribution in [-0.4, -0.2) is 47.9 Å². The van der Waals surface area contributed by atoms with Crippen LogP contribution in [0.3, 0.4) is 0 Å². The van der Waals surface area contributed by atoms with Crippen molar-refractivity contribution in [2.24, 2.45) is 5.92 Å². The Morgan fingerprint density at radius 1 is 0.929 bits per heavy atom. The van der Waals surface area contributed by atoms with E-state index in [1.807, 2.05) is 0 Å². The zero-order chi connectivity index (χ0) is 9.54. The SMILES string of the molecule is N=C(C1CC1)N1CCN(C2CC2)CC1. The topological polar surface area (TPSA) is 30.3 Å². The molecule has 0 aromatic carbocycles. The fourth-order valence-electron chi connectivity index (χ4n) is 2.38. The van der Waals surface area contributed by atoms with Crippen LogP contribution in [-0.2, 0) is 0 Å². The molecule has 3 rings (SSSR count). The van der Waals surface area contributed by atoms with Crippen molar-refractivity contribution in [1.29, 1.82) is 5.41 Å². The molecule has 3 heteroatoms. The molecule has 3 aliphatic rings. The monoisotopic (exact) mass is 193 g/mol. The van der Waals surface area contributed by atoms with Crippen LogP contribution in [0.4, 0.5) is 0 Å². The highest BCUT2D eigenvalue weighted by Crippen LogP contribution is 2.32. The molecule has 2 saturated carbocycles. The second-order valence-electron chi connectivity index (χ2n) is 4.91. The van der Waals surface area contributed by atoms with E-state index in [0.29, 0.717) is 5.92 Å². The van der Waals surface area contributed by atoms with Gasteiger partial charge in [-0.15, -0.1) is 0 Å². The van der Waals surface area contributed by atoms with Gasteiger partial charge in [-0.3, -0.25) is 10.3 Å². The van der Waals surface area contributed by atoms with Crippen molar-refractivity contribution in [2.75, 3.05) is 26.2 Å². The van der Waals surface area contributed by atoms with Gasteiger partial charge < -0.3 is 4.90 Å². The van der Waals surface area contributed by atoms with E-state index in [4.69, 9.17) is 5.41 Å². The first kappa shape index (κ1) is 8.72. The van der Waals surface area contributed by atoms with Gasteiger partial charge in [0, 0.05) is 38.1 Å². The number of hydrogen-bond acceptors (Lipinski definition) is 2. The molecule has 0 atom stereocenters. The van der Waals surface area contributed by atoms with E-state index in [1.54, 1.807) is 0 Å². The molecule has 3 fully saturated rings. The number of rotatable bonds is 2. The average molecular weight is 193 g/mol. The van der Waals surface area contributed by atoms with Crippen molar-refractivity contribution in [3.8, 4) is 0 Å². The molecular formula is C11H19N3. The second-order valence-corrected chi connectivity index (χ2v) is 4.91. The standard InChI is InChI=1S/C11H19N3/c12-11(9-1-2-9)14-7-5-13(6-8-14)10-3-4-10/h9-10,12H,1-8H2. The summed E-state index contributed by atoms with van der Waals surface area (Å²) in [7, 11) is 0. The van der Waals surface area contributed by atoms with Crippen molar-refractivity contribution in [3.63, 3.8) is 0 Å². The third-order valence-electron chi connectivity index (χ3n) is 3.68. The molecule has 2 aliphatic carbocycles. The zero-order valence-electron chi connectivity index (χ0n) is 8.71. The highest BCUT2D eigenvalue weighted by Gasteiger charge is 2.35. The van der Waals surface area contributed by atoms with Gasteiger partial charge in [0.1, 0.15) is 0 Å². The summed E-state index contributed by atoms with van der Waals surface area (Å²) < 4.78 is 0. The average Bonchev–Trinajstić information content (AvgIpc) is 3.05. The Morgan fingerprint density at radius 3 is 2.07 bits per heavy atom. The number of nitrogens with zero attached hydrogens (tertiary/aromatic N) is 2. The van der Waals surface area contributed by atoms with E-state index in [0.717, 1.165) is 25.0 Å². The Labute approximate surface area is 85.6 Å². The van der Waals surface area contributed by atoms with Crippen molar-refractivity contribution in [3.05, 3.63) is 0 Å². The van der Waals surface area contributed by atoms with Crippen LogP contribution in [0, 0.1) is 11.3 Å². The van der Waals surface area contributed by atoms with Gasteiger partial charge in [0.25, 0.3) is 0 Å². The predicted octanol–water partition coefficient (Wildman–Crippen LogP) is 1.15. The molecule has 1 saturated heterocycles. The van der Waals surface area contributed by atoms with Crippen LogP contribution in [0.2, 0.25) is 0 Å². The zero-order valence-corrected chi connectivity index (χ0v) is 8.71. The van der Waals surface area contributed by atoms with E-state index in [1.165, 1.54) is 38.8 Å². The van der Waals surface area contributed by atoms with Crippen molar-refractivity contribution >= 4 is 5.84 Å². The molecular weight excluding hydrogens is 174 g/mol. The molecule has 1 heterocycles. The van der Waals surface area contributed by atoms with E-state index in [9.17, 15) is 0 Å². The number of piperazine rings is 1. The lowest BCUT2D eigenvalue weighted by Gasteiger charge is -2.36. The van der Waals surface area contributed by atoms with Crippen LogP contribution in [0.1, 0.15) is 25.7 Å². The quantitative estimate of drug-likeness (QED) is 0.527. The molecule has 0 bridgehead atoms. The predicted molar refractivity (Wildman–Crippen MR) is 56.6 cm³/mol. The van der Waals surface area contributed by atoms with Gasteiger partial charge in [-0.2, -0.15) is 0 Å². The fraction of sp³-hybridized carbons (Fsp3) is 0.909. The van der Waals surface area contributed by atoms with Gasteiger partial charge in [-0.1, -0.05) is 0 Å². The molecule has 0 unspecified atom stereocenters. The minimum atomic E-state index is 0.627. The lowest BCUT2D eigenvalue weighted by Crippen LogP contribution is -2.49. The van der Waals surface area contributed by atoms with Crippen LogP contribution in [0.15, 0.2) is 0 Å². The molecule has 0 aromatic heterocycles. The summed E-state index contributed by atoms with van der Waals surface area (Å²) in [5.41, 5.74) is 0. The van der Waals surface area contributed by atoms with Gasteiger partial charge in [-0.05, 0) is 25.7 Å². The summed E-state index contributed by atoms with van der Waals surface area (Å²) in [4.78, 5) is 4.91. The second kappa shape index (κ2) is 3.23. The van der Waals surface area contributed by atoms with Crippen LogP contribution in [0.5, 0.6) is 0 Å². The summed E-state index contributed by atoms with van der Waals surface area (Å²) >= 11 is 0. The molecule has 0 aromatic rings. The molecule has 0 spiro atoms. The van der Waals surface area contributed by atoms with Crippen LogP contribution >= 0.6 is 0 Å². The molecule has 0 amide bonds. The largest absolute Gasteiger partial charge is 0.358 e. The first-order valence-electron chi connectivity index (χ1n) is 5.92. The van der Waals surface area contributed by atoms with Gasteiger partial charge in [0.05, 0.1) is 5.84 Å². The molecule has 0 radical (unpaired) electrons. The number of nitrogens with one attached hydrogen (secondary N) is 1. The Bertz CT molecular complexity index is 235. The maximum atomic E-state index is 8.00. The number of hydrogen-bond donors (Lipinski definition) is 1. The van der Waals surface area contributed by atoms with Gasteiger partial charge in [-0.25, -0.2) is 0 Å². The maximum absolute atomic E-state index is 8.00. The van der Waals surface area contributed by atoms with Crippen LogP contribution < -0.4 is 0 Å². The molecule has 1 N–H and O–H groups in total. The summed E-state index contributed by atoms with van der Waals surface area (Å²) in [5.74, 6) is 1.56. The Morgan fingerprint density at radius 2 is 1.57 bits per heavy atom. The lowest BCUT2D eigenvalue weighted by molar-refractivity contribution is 0.172. The Balaban J connectivity index is 1.51. The third kappa shape index (κ3) is 1.65. The van der Waals surface area contributed by atoms with Crippen molar-refractivity contribution in [2.45, 2.75) is 31.7 Å². The summed E-state index contributed by atoms with van der Waals surface area (Å²) in [6.07, 6.45) is 5.36. The summed E-state index contributed by atoms with van der Waals surface area (Å²) in [6, 6.07) is 0.909. The Hall–Kier alpha value is -0.570. The van der Waals surface area contributed by atoms with Gasteiger partial charge in [0.15, 0.2) is 0 Å². The molecule has 14 heavy (non-hydrogen) atoms. The lowest BCUT2D eigenvalue weighted by atomic mass is 10.2. The summed E-state index contributed by atoms with van der Waals surface area (Å²) in [5, 5.41) is 8.00. The van der Waals surface area contributed by atoms with E-state index in [2.05, 4.69) is 9.80 Å². The van der Waals surface area contributed by atoms with E-state index < -0.39 is 0 Å². The minimum Gasteiger partial charge on any atom is -0.358 e. The highest BCUT2D eigenvalue weighted by molar-refractivity contribution is 5.83. The Kier molecular flexibility index (Phi) is 2.01. The van der Waals surface area contributed by atoms with Crippen molar-refractivity contribution < 1.29 is 0 Å². The molecule has 3 nitrogen and oxygen atoms in total. The molecule has 78 valence electrons. The third-order valence-corrected chi connectivity index (χ3v) is 3.68. The smallest absolute Gasteiger partial charge is 0.0990 e. The van der Waals surface area contributed by atoms with Gasteiger partial charge in [0.2, 0.25) is 0 Å². The van der Waals surface area contributed by atoms with E-state index >= 15 is 0 Å². The highest BCUT2D eigenvalue weighted by atomic mass is 15.3. The van der Waals surface area contributed by atoms with Gasteiger partial charge >= 0.3 is 0 Å². The summed E-state index contributed by atoms with van der Waals surface area (Å²) in [6.45, 7) is 4.59. The number of amidine groups is 1. The fourth-order valence-corrected chi connectivity index (χ4v) is 2.38.